The number of aliphatic carboxylic acids is 1. The highest BCUT2D eigenvalue weighted by Gasteiger charge is 2.17. The van der Waals surface area contributed by atoms with Crippen LogP contribution in [0.25, 0.3) is 0 Å². The van der Waals surface area contributed by atoms with E-state index in [9.17, 15) is 4.79 Å². The molecule has 0 rings (SSSR count). The number of carboxylic acids is 1. The van der Waals surface area contributed by atoms with Crippen LogP contribution in [0, 0.1) is 11.8 Å². The SMILES string of the molecule is CC(C)C(C)CC(N)C(=O)O. The van der Waals surface area contributed by atoms with E-state index in [-0.39, 0.29) is 0 Å². The van der Waals surface area contributed by atoms with E-state index in [1.807, 2.05) is 6.92 Å². The van der Waals surface area contributed by atoms with Crippen molar-refractivity contribution in [2.24, 2.45) is 17.6 Å². The van der Waals surface area contributed by atoms with Crippen molar-refractivity contribution in [1.29, 1.82) is 0 Å². The van der Waals surface area contributed by atoms with E-state index in [2.05, 4.69) is 13.8 Å². The summed E-state index contributed by atoms with van der Waals surface area (Å²) in [4.78, 5) is 10.3. The van der Waals surface area contributed by atoms with Crippen molar-refractivity contribution in [2.45, 2.75) is 33.2 Å². The number of carbonyl (C=O) groups is 1. The predicted molar refractivity (Wildman–Crippen MR) is 44.2 cm³/mol. The van der Waals surface area contributed by atoms with Gasteiger partial charge in [0.05, 0.1) is 0 Å². The highest BCUT2D eigenvalue weighted by atomic mass is 16.4. The second kappa shape index (κ2) is 4.34. The molecule has 66 valence electrons. The summed E-state index contributed by atoms with van der Waals surface area (Å²) in [6, 6.07) is -0.701. The van der Waals surface area contributed by atoms with Gasteiger partial charge < -0.3 is 10.8 Å². The monoisotopic (exact) mass is 159 g/mol. The van der Waals surface area contributed by atoms with Crippen LogP contribution in [0.2, 0.25) is 0 Å². The van der Waals surface area contributed by atoms with Crippen LogP contribution in [0.1, 0.15) is 27.2 Å². The molecule has 0 bridgehead atoms. The van der Waals surface area contributed by atoms with Gasteiger partial charge in [0.25, 0.3) is 0 Å². The van der Waals surface area contributed by atoms with Crippen LogP contribution in [-0.4, -0.2) is 17.1 Å². The molecule has 0 fully saturated rings. The Balaban J connectivity index is 3.75. The molecule has 0 amide bonds. The largest absolute Gasteiger partial charge is 0.480 e. The van der Waals surface area contributed by atoms with E-state index in [0.29, 0.717) is 18.3 Å². The first-order chi connectivity index (χ1) is 4.95. The van der Waals surface area contributed by atoms with Gasteiger partial charge in [-0.1, -0.05) is 20.8 Å². The molecule has 3 nitrogen and oxygen atoms in total. The molecule has 0 aromatic rings. The minimum absolute atomic E-state index is 0.376. The van der Waals surface area contributed by atoms with Gasteiger partial charge in [0.15, 0.2) is 0 Å². The molecule has 2 atom stereocenters. The third-order valence-corrected chi connectivity index (χ3v) is 2.08. The lowest BCUT2D eigenvalue weighted by Gasteiger charge is -2.17. The Labute approximate surface area is 67.6 Å². The zero-order chi connectivity index (χ0) is 9.02. The second-order valence-corrected chi connectivity index (χ2v) is 3.40. The molecule has 0 aliphatic rings. The average molecular weight is 159 g/mol. The van der Waals surface area contributed by atoms with Gasteiger partial charge in [0.2, 0.25) is 0 Å². The third kappa shape index (κ3) is 3.98. The van der Waals surface area contributed by atoms with Gasteiger partial charge in [-0.25, -0.2) is 0 Å². The van der Waals surface area contributed by atoms with Crippen molar-refractivity contribution in [3.63, 3.8) is 0 Å². The molecule has 0 radical (unpaired) electrons. The summed E-state index contributed by atoms with van der Waals surface area (Å²) >= 11 is 0. The zero-order valence-corrected chi connectivity index (χ0v) is 7.37. The van der Waals surface area contributed by atoms with E-state index in [1.165, 1.54) is 0 Å². The summed E-state index contributed by atoms with van der Waals surface area (Å²) in [5, 5.41) is 8.49. The van der Waals surface area contributed by atoms with Gasteiger partial charge >= 0.3 is 5.97 Å². The summed E-state index contributed by atoms with van der Waals surface area (Å²) < 4.78 is 0. The van der Waals surface area contributed by atoms with Crippen LogP contribution < -0.4 is 5.73 Å². The lowest BCUT2D eigenvalue weighted by atomic mass is 9.91. The minimum atomic E-state index is -0.905. The number of hydrogen-bond donors (Lipinski definition) is 2. The Bertz CT molecular complexity index is 134. The van der Waals surface area contributed by atoms with Gasteiger partial charge in [-0.2, -0.15) is 0 Å². The molecule has 0 heterocycles. The number of nitrogens with two attached hydrogens (primary N) is 1. The molecule has 0 spiro atoms. The van der Waals surface area contributed by atoms with E-state index < -0.39 is 12.0 Å². The normalized spacial score (nSPS) is 16.5. The Morgan fingerprint density at radius 3 is 2.18 bits per heavy atom. The van der Waals surface area contributed by atoms with E-state index in [4.69, 9.17) is 10.8 Å². The Hall–Kier alpha value is -0.570. The highest BCUT2D eigenvalue weighted by Crippen LogP contribution is 2.14. The maximum absolute atomic E-state index is 10.3. The molecule has 11 heavy (non-hydrogen) atoms. The van der Waals surface area contributed by atoms with E-state index in [0.717, 1.165) is 0 Å². The Morgan fingerprint density at radius 1 is 1.45 bits per heavy atom. The average Bonchev–Trinajstić information content (AvgIpc) is 1.87. The second-order valence-electron chi connectivity index (χ2n) is 3.40. The van der Waals surface area contributed by atoms with Crippen molar-refractivity contribution < 1.29 is 9.90 Å². The fourth-order valence-electron chi connectivity index (χ4n) is 0.774. The topological polar surface area (TPSA) is 63.3 Å². The van der Waals surface area contributed by atoms with E-state index >= 15 is 0 Å². The van der Waals surface area contributed by atoms with Crippen molar-refractivity contribution in [2.75, 3.05) is 0 Å². The molecule has 0 aromatic heterocycles. The van der Waals surface area contributed by atoms with Crippen molar-refractivity contribution in [3.8, 4) is 0 Å². The third-order valence-electron chi connectivity index (χ3n) is 2.08. The summed E-state index contributed by atoms with van der Waals surface area (Å²) in [6.45, 7) is 6.16. The fourth-order valence-corrected chi connectivity index (χ4v) is 0.774. The standard InChI is InChI=1S/C8H17NO2/c1-5(2)6(3)4-7(9)8(10)11/h5-7H,4,9H2,1-3H3,(H,10,11). The highest BCUT2D eigenvalue weighted by molar-refractivity contribution is 5.72. The summed E-state index contributed by atoms with van der Waals surface area (Å²) in [7, 11) is 0. The molecule has 0 aliphatic heterocycles. The maximum atomic E-state index is 10.3. The summed E-state index contributed by atoms with van der Waals surface area (Å²) in [5.74, 6) is -0.0287. The first-order valence-electron chi connectivity index (χ1n) is 3.93. The molecular weight excluding hydrogens is 142 g/mol. The summed E-state index contributed by atoms with van der Waals surface area (Å²) in [6.07, 6.45) is 0.562. The number of hydrogen-bond acceptors (Lipinski definition) is 2. The Morgan fingerprint density at radius 2 is 1.91 bits per heavy atom. The van der Waals surface area contributed by atoms with Gasteiger partial charge in [-0.3, -0.25) is 4.79 Å². The maximum Gasteiger partial charge on any atom is 0.320 e. The van der Waals surface area contributed by atoms with Crippen molar-refractivity contribution in [3.05, 3.63) is 0 Å². The number of rotatable bonds is 4. The first-order valence-corrected chi connectivity index (χ1v) is 3.93. The molecule has 3 heteroatoms. The molecule has 0 saturated carbocycles. The Kier molecular flexibility index (Phi) is 4.11. The molecule has 0 aliphatic carbocycles. The van der Waals surface area contributed by atoms with Gasteiger partial charge in [-0.15, -0.1) is 0 Å². The predicted octanol–water partition coefficient (Wildman–Crippen LogP) is 1.08. The van der Waals surface area contributed by atoms with Gasteiger partial charge in [-0.05, 0) is 18.3 Å². The fraction of sp³-hybridized carbons (Fsp3) is 0.875. The first kappa shape index (κ1) is 10.4. The lowest BCUT2D eigenvalue weighted by molar-refractivity contribution is -0.139. The van der Waals surface area contributed by atoms with Crippen LogP contribution in [0.4, 0.5) is 0 Å². The number of carboxylic acid groups (broad SMARTS) is 1. The molecular formula is C8H17NO2. The minimum Gasteiger partial charge on any atom is -0.480 e. The molecule has 0 saturated heterocycles. The van der Waals surface area contributed by atoms with Crippen LogP contribution in [0.3, 0.4) is 0 Å². The van der Waals surface area contributed by atoms with Gasteiger partial charge in [0, 0.05) is 0 Å². The lowest BCUT2D eigenvalue weighted by Crippen LogP contribution is -2.32. The summed E-state index contributed by atoms with van der Waals surface area (Å²) in [5.41, 5.74) is 5.36. The van der Waals surface area contributed by atoms with Crippen LogP contribution in [0.15, 0.2) is 0 Å². The van der Waals surface area contributed by atoms with Crippen LogP contribution in [-0.2, 0) is 4.79 Å². The smallest absolute Gasteiger partial charge is 0.320 e. The quantitative estimate of drug-likeness (QED) is 0.645. The van der Waals surface area contributed by atoms with Crippen LogP contribution in [0.5, 0.6) is 0 Å². The van der Waals surface area contributed by atoms with E-state index in [1.54, 1.807) is 0 Å². The zero-order valence-electron chi connectivity index (χ0n) is 7.37. The van der Waals surface area contributed by atoms with Crippen molar-refractivity contribution >= 4 is 5.97 Å². The van der Waals surface area contributed by atoms with Gasteiger partial charge in [0.1, 0.15) is 6.04 Å². The molecule has 3 N–H and O–H groups in total. The van der Waals surface area contributed by atoms with Crippen LogP contribution >= 0.6 is 0 Å². The molecule has 0 aromatic carbocycles. The van der Waals surface area contributed by atoms with Crippen molar-refractivity contribution in [1.82, 2.24) is 0 Å². The molecule has 2 unspecified atom stereocenters.